The van der Waals surface area contributed by atoms with Crippen LogP contribution in [0.5, 0.6) is 0 Å². The Kier molecular flexibility index (Phi) is 5.83. The van der Waals surface area contributed by atoms with Crippen LogP contribution in [-0.2, 0) is 4.79 Å². The molecule has 3 nitrogen and oxygen atoms in total. The molecule has 0 amide bonds. The number of nitrogens with zero attached hydrogens (tertiary/aromatic N) is 1. The summed E-state index contributed by atoms with van der Waals surface area (Å²) in [7, 11) is 0. The van der Waals surface area contributed by atoms with Crippen molar-refractivity contribution in [1.82, 2.24) is 4.90 Å². The largest absolute Gasteiger partial charge is 0.477 e. The third-order valence-electron chi connectivity index (χ3n) is 1.82. The monoisotopic (exact) mass is 249 g/mol. The topological polar surface area (TPSA) is 40.5 Å². The van der Waals surface area contributed by atoms with E-state index in [4.69, 9.17) is 28.9 Å². The molecule has 0 heterocycles. The molecule has 0 unspecified atom stereocenters. The fourth-order valence-corrected chi connectivity index (χ4v) is 2.06. The van der Waals surface area contributed by atoms with Gasteiger partial charge in [0.05, 0.1) is 0 Å². The average Bonchev–Trinajstić information content (AvgIpc) is 2.01. The van der Waals surface area contributed by atoms with Gasteiger partial charge in [0.25, 0.3) is 0 Å². The van der Waals surface area contributed by atoms with Gasteiger partial charge in [0, 0.05) is 12.1 Å². The molecule has 0 bridgehead atoms. The Hall–Kier alpha value is -0.610. The highest BCUT2D eigenvalue weighted by Gasteiger charge is 2.16. The molecule has 0 saturated heterocycles. The summed E-state index contributed by atoms with van der Waals surface area (Å²) in [4.78, 5) is 12.9. The van der Waals surface area contributed by atoms with Gasteiger partial charge in [-0.05, 0) is 33.8 Å². The van der Waals surface area contributed by atoms with Crippen LogP contribution in [0.2, 0.25) is 0 Å². The maximum absolute atomic E-state index is 10.5. The number of hydrogen-bond acceptors (Lipinski definition) is 2. The molecule has 0 spiro atoms. The second-order valence-electron chi connectivity index (χ2n) is 3.73. The van der Waals surface area contributed by atoms with Crippen LogP contribution in [-0.4, -0.2) is 33.0 Å². The van der Waals surface area contributed by atoms with Gasteiger partial charge in [-0.1, -0.05) is 23.8 Å². The summed E-state index contributed by atoms with van der Waals surface area (Å²) >= 11 is 10.6. The van der Waals surface area contributed by atoms with Gasteiger partial charge in [-0.2, -0.15) is 0 Å². The van der Waals surface area contributed by atoms with E-state index in [9.17, 15) is 4.79 Å². The molecular weight excluding hydrogens is 234 g/mol. The summed E-state index contributed by atoms with van der Waals surface area (Å²) in [5.41, 5.74) is 0. The number of carboxylic acids is 1. The Labute approximate surface area is 101 Å². The molecule has 1 N–H and O–H groups in total. The molecule has 0 aromatic carbocycles. The summed E-state index contributed by atoms with van der Waals surface area (Å²) in [6.07, 6.45) is 1.30. The number of aliphatic carboxylic acids is 1. The van der Waals surface area contributed by atoms with Crippen molar-refractivity contribution in [3.05, 3.63) is 11.1 Å². The third-order valence-corrected chi connectivity index (χ3v) is 2.42. The zero-order valence-corrected chi connectivity index (χ0v) is 10.9. The van der Waals surface area contributed by atoms with Crippen LogP contribution in [0, 0.1) is 0 Å². The molecule has 0 aromatic heterocycles. The van der Waals surface area contributed by atoms with E-state index in [0.29, 0.717) is 4.99 Å². The van der Waals surface area contributed by atoms with Crippen LogP contribution in [0.25, 0.3) is 0 Å². The number of carboxylic acid groups (broad SMARTS) is 1. The lowest BCUT2D eigenvalue weighted by atomic mass is 10.2. The van der Waals surface area contributed by atoms with Gasteiger partial charge in [-0.25, -0.2) is 4.79 Å². The minimum absolute atomic E-state index is 0.215. The highest BCUT2D eigenvalue weighted by atomic mass is 35.5. The van der Waals surface area contributed by atoms with Gasteiger partial charge >= 0.3 is 5.97 Å². The highest BCUT2D eigenvalue weighted by Crippen LogP contribution is 2.11. The summed E-state index contributed by atoms with van der Waals surface area (Å²) in [5.74, 6) is -1.16. The Morgan fingerprint density at radius 2 is 1.73 bits per heavy atom. The lowest BCUT2D eigenvalue weighted by Gasteiger charge is -2.32. The summed E-state index contributed by atoms with van der Waals surface area (Å²) < 4.78 is 0. The van der Waals surface area contributed by atoms with Crippen molar-refractivity contribution in [3.63, 3.8) is 0 Å². The van der Waals surface area contributed by atoms with E-state index in [2.05, 4.69) is 0 Å². The maximum atomic E-state index is 10.5. The first kappa shape index (κ1) is 14.4. The van der Waals surface area contributed by atoms with Crippen LogP contribution in [0.4, 0.5) is 0 Å². The number of rotatable bonds is 4. The van der Waals surface area contributed by atoms with Crippen LogP contribution in [0.15, 0.2) is 11.1 Å². The molecule has 0 rings (SSSR count). The molecule has 0 radical (unpaired) electrons. The van der Waals surface area contributed by atoms with Crippen LogP contribution >= 0.6 is 23.8 Å². The fourth-order valence-electron chi connectivity index (χ4n) is 1.35. The summed E-state index contributed by atoms with van der Waals surface area (Å²) in [6.45, 7) is 7.98. The van der Waals surface area contributed by atoms with Gasteiger partial charge in [-0.15, -0.1) is 0 Å². The molecule has 0 aliphatic heterocycles. The Morgan fingerprint density at radius 3 is 2.00 bits per heavy atom. The van der Waals surface area contributed by atoms with Crippen LogP contribution < -0.4 is 0 Å². The highest BCUT2D eigenvalue weighted by molar-refractivity contribution is 7.80. The molecule has 0 aliphatic rings. The molecule has 5 heteroatoms. The van der Waals surface area contributed by atoms with E-state index in [1.54, 1.807) is 0 Å². The molecule has 0 fully saturated rings. The Morgan fingerprint density at radius 1 is 1.33 bits per heavy atom. The van der Waals surface area contributed by atoms with Crippen molar-refractivity contribution < 1.29 is 9.90 Å². The average molecular weight is 250 g/mol. The summed E-state index contributed by atoms with van der Waals surface area (Å²) in [6, 6.07) is 0.430. The number of halogens is 1. The first-order valence-electron chi connectivity index (χ1n) is 4.70. The van der Waals surface area contributed by atoms with Gasteiger partial charge in [0.2, 0.25) is 0 Å². The van der Waals surface area contributed by atoms with Gasteiger partial charge < -0.3 is 10.0 Å². The molecule has 0 aromatic rings. The second kappa shape index (κ2) is 6.08. The van der Waals surface area contributed by atoms with Crippen molar-refractivity contribution in [3.8, 4) is 0 Å². The fraction of sp³-hybridized carbons (Fsp3) is 0.600. The van der Waals surface area contributed by atoms with E-state index in [-0.39, 0.29) is 17.1 Å². The molecule has 0 atom stereocenters. The second-order valence-corrected chi connectivity index (χ2v) is 4.56. The zero-order chi connectivity index (χ0) is 12.2. The van der Waals surface area contributed by atoms with Crippen molar-refractivity contribution in [2.75, 3.05) is 0 Å². The molecule has 0 aliphatic carbocycles. The minimum atomic E-state index is -1.16. The maximum Gasteiger partial charge on any atom is 0.347 e. The first-order valence-corrected chi connectivity index (χ1v) is 5.48. The molecule has 86 valence electrons. The van der Waals surface area contributed by atoms with Crippen molar-refractivity contribution in [2.45, 2.75) is 39.8 Å². The van der Waals surface area contributed by atoms with Crippen LogP contribution in [0.3, 0.4) is 0 Å². The van der Waals surface area contributed by atoms with E-state index in [0.717, 1.165) is 0 Å². The van der Waals surface area contributed by atoms with E-state index < -0.39 is 5.97 Å². The number of carbonyl (C=O) groups is 1. The Balaban J connectivity index is 4.82. The molecule has 15 heavy (non-hydrogen) atoms. The van der Waals surface area contributed by atoms with Crippen molar-refractivity contribution in [1.29, 1.82) is 0 Å². The van der Waals surface area contributed by atoms with Crippen molar-refractivity contribution >= 4 is 34.8 Å². The van der Waals surface area contributed by atoms with E-state index >= 15 is 0 Å². The van der Waals surface area contributed by atoms with Crippen LogP contribution in [0.1, 0.15) is 27.7 Å². The lowest BCUT2D eigenvalue weighted by Crippen LogP contribution is -2.40. The smallest absolute Gasteiger partial charge is 0.347 e. The molecule has 0 saturated carbocycles. The van der Waals surface area contributed by atoms with E-state index in [1.807, 2.05) is 32.6 Å². The third kappa shape index (κ3) is 4.62. The first-order chi connectivity index (χ1) is 6.77. The predicted octanol–water partition coefficient (Wildman–Crippen LogP) is 2.64. The number of thiocarbonyl (C=S) groups is 1. The zero-order valence-electron chi connectivity index (χ0n) is 9.32. The normalized spacial score (nSPS) is 12.1. The van der Waals surface area contributed by atoms with Gasteiger partial charge in [0.15, 0.2) is 0 Å². The SMILES string of the molecule is CC(C)N(C(=S)/C=C(\Cl)C(=O)O)C(C)C. The van der Waals surface area contributed by atoms with Gasteiger partial charge in [0.1, 0.15) is 10.0 Å². The van der Waals surface area contributed by atoms with E-state index in [1.165, 1.54) is 6.08 Å². The quantitative estimate of drug-likeness (QED) is 0.614. The number of hydrogen-bond donors (Lipinski definition) is 1. The minimum Gasteiger partial charge on any atom is -0.477 e. The Bertz CT molecular complexity index is 279. The molecular formula is C10H16ClNO2S. The summed E-state index contributed by atoms with van der Waals surface area (Å²) in [5, 5.41) is 8.35. The standard InChI is InChI=1S/C10H16ClNO2S/c1-6(2)12(7(3)4)9(15)5-8(11)10(13)14/h5-7H,1-4H3,(H,13,14)/b8-5-. The predicted molar refractivity (Wildman–Crippen MR) is 66.3 cm³/mol. The van der Waals surface area contributed by atoms with Crippen molar-refractivity contribution in [2.24, 2.45) is 0 Å². The lowest BCUT2D eigenvalue weighted by molar-refractivity contribution is -0.131. The van der Waals surface area contributed by atoms with Gasteiger partial charge in [-0.3, -0.25) is 0 Å².